The highest BCUT2D eigenvalue weighted by Gasteiger charge is 2.08. The van der Waals surface area contributed by atoms with E-state index in [1.165, 1.54) is 32.1 Å². The van der Waals surface area contributed by atoms with E-state index < -0.39 is 0 Å². The maximum atomic E-state index is 11.8. The molecule has 0 aliphatic carbocycles. The molecule has 0 unspecified atom stereocenters. The van der Waals surface area contributed by atoms with Gasteiger partial charge >= 0.3 is 0 Å². The van der Waals surface area contributed by atoms with E-state index in [0.717, 1.165) is 12.1 Å². The zero-order valence-corrected chi connectivity index (χ0v) is 11.7. The predicted molar refractivity (Wildman–Crippen MR) is 73.9 cm³/mol. The number of ketones is 1. The molecule has 0 bridgehead atoms. The molecule has 102 valence electrons. The molecule has 0 aliphatic heterocycles. The standard InChI is InChI=1S/C15H25NO2/c1-3-4-5-6-7-8-12-18-13-15(17)14-10-9-11-16(14)2/h9-11H,3-8,12-13H2,1-2H3. The van der Waals surface area contributed by atoms with Crippen molar-refractivity contribution in [2.24, 2.45) is 7.05 Å². The molecule has 1 aromatic heterocycles. The number of hydrogen-bond acceptors (Lipinski definition) is 2. The Labute approximate surface area is 110 Å². The second-order valence-electron chi connectivity index (χ2n) is 4.75. The molecule has 0 fully saturated rings. The van der Waals surface area contributed by atoms with Crippen LogP contribution in [0.4, 0.5) is 0 Å². The monoisotopic (exact) mass is 251 g/mol. The summed E-state index contributed by atoms with van der Waals surface area (Å²) < 4.78 is 7.25. The summed E-state index contributed by atoms with van der Waals surface area (Å²) in [4.78, 5) is 11.8. The van der Waals surface area contributed by atoms with Crippen LogP contribution in [0.15, 0.2) is 18.3 Å². The van der Waals surface area contributed by atoms with Crippen LogP contribution in [0.2, 0.25) is 0 Å². The van der Waals surface area contributed by atoms with Crippen LogP contribution in [0.3, 0.4) is 0 Å². The normalized spacial score (nSPS) is 10.8. The molecule has 1 heterocycles. The van der Waals surface area contributed by atoms with Crippen LogP contribution in [-0.4, -0.2) is 23.6 Å². The maximum Gasteiger partial charge on any atom is 0.204 e. The smallest absolute Gasteiger partial charge is 0.204 e. The molecule has 3 heteroatoms. The highest BCUT2D eigenvalue weighted by Crippen LogP contribution is 2.05. The first-order valence-electron chi connectivity index (χ1n) is 6.98. The number of carbonyl (C=O) groups excluding carboxylic acids is 1. The van der Waals surface area contributed by atoms with Crippen LogP contribution < -0.4 is 0 Å². The van der Waals surface area contributed by atoms with Gasteiger partial charge in [-0.1, -0.05) is 39.0 Å². The van der Waals surface area contributed by atoms with Crippen molar-refractivity contribution >= 4 is 5.78 Å². The van der Waals surface area contributed by atoms with Crippen molar-refractivity contribution in [2.75, 3.05) is 13.2 Å². The van der Waals surface area contributed by atoms with Crippen molar-refractivity contribution in [3.63, 3.8) is 0 Å². The van der Waals surface area contributed by atoms with Crippen LogP contribution in [0, 0.1) is 0 Å². The van der Waals surface area contributed by atoms with Crippen molar-refractivity contribution < 1.29 is 9.53 Å². The highest BCUT2D eigenvalue weighted by atomic mass is 16.5. The van der Waals surface area contributed by atoms with Gasteiger partial charge in [0.25, 0.3) is 0 Å². The van der Waals surface area contributed by atoms with E-state index in [1.807, 2.05) is 29.9 Å². The molecule has 0 N–H and O–H groups in total. The van der Waals surface area contributed by atoms with E-state index in [2.05, 4.69) is 6.92 Å². The number of rotatable bonds is 10. The fourth-order valence-electron chi connectivity index (χ4n) is 1.97. The zero-order chi connectivity index (χ0) is 13.2. The number of carbonyl (C=O) groups is 1. The zero-order valence-electron chi connectivity index (χ0n) is 11.7. The average Bonchev–Trinajstić information content (AvgIpc) is 2.79. The lowest BCUT2D eigenvalue weighted by atomic mass is 10.1. The third-order valence-corrected chi connectivity index (χ3v) is 3.10. The van der Waals surface area contributed by atoms with Crippen molar-refractivity contribution in [3.05, 3.63) is 24.0 Å². The Bertz CT molecular complexity index is 344. The number of aromatic nitrogens is 1. The van der Waals surface area contributed by atoms with Crippen molar-refractivity contribution in [2.45, 2.75) is 45.4 Å². The number of aryl methyl sites for hydroxylation is 1. The molecule has 1 rings (SSSR count). The summed E-state index contributed by atoms with van der Waals surface area (Å²) in [6, 6.07) is 3.71. The molecular weight excluding hydrogens is 226 g/mol. The maximum absolute atomic E-state index is 11.8. The SMILES string of the molecule is CCCCCCCCOCC(=O)c1cccn1C. The van der Waals surface area contributed by atoms with Crippen molar-refractivity contribution in [3.8, 4) is 0 Å². The van der Waals surface area contributed by atoms with Crippen LogP contribution in [0.5, 0.6) is 0 Å². The summed E-state index contributed by atoms with van der Waals surface area (Å²) in [7, 11) is 1.88. The number of unbranched alkanes of at least 4 members (excludes halogenated alkanes) is 5. The van der Waals surface area contributed by atoms with Gasteiger partial charge in [-0.05, 0) is 18.6 Å². The van der Waals surface area contributed by atoms with Gasteiger partial charge in [-0.15, -0.1) is 0 Å². The minimum Gasteiger partial charge on any atom is -0.373 e. The summed E-state index contributed by atoms with van der Waals surface area (Å²) in [5.41, 5.74) is 0.720. The van der Waals surface area contributed by atoms with Crippen molar-refractivity contribution in [1.82, 2.24) is 4.57 Å². The topological polar surface area (TPSA) is 31.2 Å². The minimum atomic E-state index is 0.0634. The van der Waals surface area contributed by atoms with Gasteiger partial charge in [0.15, 0.2) is 0 Å². The molecule has 0 saturated carbocycles. The first kappa shape index (κ1) is 15.0. The van der Waals surface area contributed by atoms with Gasteiger partial charge < -0.3 is 9.30 Å². The lowest BCUT2D eigenvalue weighted by Crippen LogP contribution is -2.13. The van der Waals surface area contributed by atoms with Gasteiger partial charge in [0.1, 0.15) is 6.61 Å². The second-order valence-corrected chi connectivity index (χ2v) is 4.75. The lowest BCUT2D eigenvalue weighted by Gasteiger charge is -2.05. The van der Waals surface area contributed by atoms with Crippen LogP contribution in [-0.2, 0) is 11.8 Å². The quantitative estimate of drug-likeness (QED) is 0.470. The van der Waals surface area contributed by atoms with Gasteiger partial charge in [0.05, 0.1) is 5.69 Å². The molecule has 3 nitrogen and oxygen atoms in total. The molecule has 0 spiro atoms. The van der Waals surface area contributed by atoms with Crippen LogP contribution >= 0.6 is 0 Å². The molecule has 0 amide bonds. The van der Waals surface area contributed by atoms with E-state index in [0.29, 0.717) is 6.61 Å². The summed E-state index contributed by atoms with van der Waals surface area (Å²) in [5.74, 6) is 0.0634. The summed E-state index contributed by atoms with van der Waals surface area (Å²) in [6.07, 6.45) is 9.35. The molecule has 1 aromatic rings. The molecule has 0 aliphatic rings. The fourth-order valence-corrected chi connectivity index (χ4v) is 1.97. The van der Waals surface area contributed by atoms with Gasteiger partial charge in [0.2, 0.25) is 5.78 Å². The van der Waals surface area contributed by atoms with E-state index in [4.69, 9.17) is 4.74 Å². The van der Waals surface area contributed by atoms with E-state index in [-0.39, 0.29) is 12.4 Å². The fraction of sp³-hybridized carbons (Fsp3) is 0.667. The molecule has 0 saturated heterocycles. The summed E-state index contributed by atoms with van der Waals surface area (Å²) in [5, 5.41) is 0. The molecule has 0 radical (unpaired) electrons. The Balaban J connectivity index is 2.01. The Morgan fingerprint density at radius 1 is 1.22 bits per heavy atom. The molecule has 18 heavy (non-hydrogen) atoms. The van der Waals surface area contributed by atoms with Crippen molar-refractivity contribution in [1.29, 1.82) is 0 Å². The Morgan fingerprint density at radius 2 is 1.94 bits per heavy atom. The number of ether oxygens (including phenoxy) is 1. The first-order valence-corrected chi connectivity index (χ1v) is 6.98. The molecular formula is C15H25NO2. The number of hydrogen-bond donors (Lipinski definition) is 0. The first-order chi connectivity index (χ1) is 8.75. The van der Waals surface area contributed by atoms with Gasteiger partial charge in [-0.25, -0.2) is 0 Å². The van der Waals surface area contributed by atoms with E-state index >= 15 is 0 Å². The predicted octanol–water partition coefficient (Wildman–Crippen LogP) is 3.58. The summed E-state index contributed by atoms with van der Waals surface area (Å²) >= 11 is 0. The molecule has 0 atom stereocenters. The van der Waals surface area contributed by atoms with Gasteiger partial charge in [-0.3, -0.25) is 4.79 Å². The highest BCUT2D eigenvalue weighted by molar-refractivity contribution is 5.95. The Kier molecular flexibility index (Phi) is 7.42. The largest absolute Gasteiger partial charge is 0.373 e. The average molecular weight is 251 g/mol. The van der Waals surface area contributed by atoms with E-state index in [1.54, 1.807) is 0 Å². The third-order valence-electron chi connectivity index (χ3n) is 3.10. The van der Waals surface area contributed by atoms with Gasteiger partial charge in [0, 0.05) is 19.9 Å². The van der Waals surface area contributed by atoms with Gasteiger partial charge in [-0.2, -0.15) is 0 Å². The number of Topliss-reactive ketones (excluding diaryl/α,β-unsaturated/α-hetero) is 1. The lowest BCUT2D eigenvalue weighted by molar-refractivity contribution is 0.0744. The Hall–Kier alpha value is -1.09. The summed E-state index contributed by atoms with van der Waals surface area (Å²) in [6.45, 7) is 3.12. The minimum absolute atomic E-state index is 0.0634. The van der Waals surface area contributed by atoms with Crippen LogP contribution in [0.25, 0.3) is 0 Å². The molecule has 0 aromatic carbocycles. The third kappa shape index (κ3) is 5.50. The van der Waals surface area contributed by atoms with E-state index in [9.17, 15) is 4.79 Å². The van der Waals surface area contributed by atoms with Crippen LogP contribution in [0.1, 0.15) is 55.9 Å². The number of nitrogens with zero attached hydrogens (tertiary/aromatic N) is 1. The Morgan fingerprint density at radius 3 is 2.61 bits per heavy atom. The second kappa shape index (κ2) is 8.92.